The maximum absolute atomic E-state index is 13.5. The smallest absolute Gasteiger partial charge is 0.257 e. The van der Waals surface area contributed by atoms with E-state index in [9.17, 15) is 9.18 Å². The van der Waals surface area contributed by atoms with Gasteiger partial charge in [-0.3, -0.25) is 9.78 Å². The van der Waals surface area contributed by atoms with Gasteiger partial charge < -0.3 is 14.4 Å². The standard InChI is InChI=1S/C14H17FN2O3/c15-13-5-16-3-1-12(13)14(18)17-6-11(7-17)20-9-10-2-4-19-8-10/h1,3,5,10-11H,2,4,6-9H2. The summed E-state index contributed by atoms with van der Waals surface area (Å²) in [7, 11) is 0. The average molecular weight is 280 g/mol. The Morgan fingerprint density at radius 1 is 1.55 bits per heavy atom. The van der Waals surface area contributed by atoms with Crippen LogP contribution in [-0.2, 0) is 9.47 Å². The Hall–Kier alpha value is -1.53. The lowest BCUT2D eigenvalue weighted by Crippen LogP contribution is -2.55. The molecular weight excluding hydrogens is 263 g/mol. The van der Waals surface area contributed by atoms with Gasteiger partial charge in [-0.25, -0.2) is 4.39 Å². The van der Waals surface area contributed by atoms with Gasteiger partial charge in [0, 0.05) is 31.8 Å². The third-order valence-electron chi connectivity index (χ3n) is 3.73. The van der Waals surface area contributed by atoms with E-state index < -0.39 is 5.82 Å². The summed E-state index contributed by atoms with van der Waals surface area (Å²) >= 11 is 0. The lowest BCUT2D eigenvalue weighted by Gasteiger charge is -2.39. The van der Waals surface area contributed by atoms with Crippen molar-refractivity contribution in [2.75, 3.05) is 32.9 Å². The van der Waals surface area contributed by atoms with Gasteiger partial charge in [-0.15, -0.1) is 0 Å². The number of aromatic nitrogens is 1. The van der Waals surface area contributed by atoms with Crippen molar-refractivity contribution >= 4 is 5.91 Å². The SMILES string of the molecule is O=C(c1ccncc1F)N1CC(OCC2CCOC2)C1. The Morgan fingerprint density at radius 3 is 3.10 bits per heavy atom. The zero-order valence-corrected chi connectivity index (χ0v) is 11.1. The van der Waals surface area contributed by atoms with Gasteiger partial charge in [0.1, 0.15) is 0 Å². The molecule has 0 spiro atoms. The predicted molar refractivity (Wildman–Crippen MR) is 68.8 cm³/mol. The molecule has 1 aromatic heterocycles. The maximum Gasteiger partial charge on any atom is 0.257 e. The summed E-state index contributed by atoms with van der Waals surface area (Å²) in [6.07, 6.45) is 3.58. The van der Waals surface area contributed by atoms with Crippen molar-refractivity contribution < 1.29 is 18.7 Å². The number of ether oxygens (including phenoxy) is 2. The van der Waals surface area contributed by atoms with E-state index in [1.807, 2.05) is 0 Å². The van der Waals surface area contributed by atoms with Crippen molar-refractivity contribution in [3.05, 3.63) is 29.8 Å². The highest BCUT2D eigenvalue weighted by atomic mass is 19.1. The minimum absolute atomic E-state index is 0.0597. The van der Waals surface area contributed by atoms with E-state index in [1.54, 1.807) is 4.90 Å². The van der Waals surface area contributed by atoms with Crippen molar-refractivity contribution in [1.82, 2.24) is 9.88 Å². The van der Waals surface area contributed by atoms with Gasteiger partial charge in [-0.1, -0.05) is 0 Å². The number of carbonyl (C=O) groups excluding carboxylic acids is 1. The minimum Gasteiger partial charge on any atom is -0.381 e. The number of amides is 1. The normalized spacial score (nSPS) is 22.9. The Kier molecular flexibility index (Phi) is 3.93. The summed E-state index contributed by atoms with van der Waals surface area (Å²) in [6.45, 7) is 3.29. The number of hydrogen-bond acceptors (Lipinski definition) is 4. The van der Waals surface area contributed by atoms with Crippen LogP contribution in [0.5, 0.6) is 0 Å². The Balaban J connectivity index is 1.45. The molecule has 0 aromatic carbocycles. The molecule has 1 amide bonds. The van der Waals surface area contributed by atoms with Crippen LogP contribution in [0.2, 0.25) is 0 Å². The molecule has 3 rings (SSSR count). The average Bonchev–Trinajstić information content (AvgIpc) is 2.90. The van der Waals surface area contributed by atoms with Crippen LogP contribution in [-0.4, -0.2) is 54.8 Å². The van der Waals surface area contributed by atoms with E-state index in [0.29, 0.717) is 25.6 Å². The molecule has 5 nitrogen and oxygen atoms in total. The molecule has 2 aliphatic heterocycles. The number of nitrogens with zero attached hydrogens (tertiary/aromatic N) is 2. The second kappa shape index (κ2) is 5.85. The Labute approximate surface area is 116 Å². The first-order chi connectivity index (χ1) is 9.74. The number of rotatable bonds is 4. The van der Waals surface area contributed by atoms with Crippen LogP contribution in [0.15, 0.2) is 18.5 Å². The number of likely N-dealkylation sites (tertiary alicyclic amines) is 1. The van der Waals surface area contributed by atoms with E-state index in [-0.39, 0.29) is 17.6 Å². The summed E-state index contributed by atoms with van der Waals surface area (Å²) in [5.74, 6) is -0.406. The fourth-order valence-corrected chi connectivity index (χ4v) is 2.42. The molecule has 2 aliphatic rings. The summed E-state index contributed by atoms with van der Waals surface area (Å²) in [4.78, 5) is 17.3. The van der Waals surface area contributed by atoms with Crippen molar-refractivity contribution in [1.29, 1.82) is 0 Å². The van der Waals surface area contributed by atoms with Crippen molar-refractivity contribution in [2.24, 2.45) is 5.92 Å². The molecular formula is C14H17FN2O3. The van der Waals surface area contributed by atoms with Gasteiger partial charge in [0.05, 0.1) is 31.1 Å². The molecule has 2 saturated heterocycles. The monoisotopic (exact) mass is 280 g/mol. The minimum atomic E-state index is -0.579. The summed E-state index contributed by atoms with van der Waals surface area (Å²) in [6, 6.07) is 1.40. The van der Waals surface area contributed by atoms with Gasteiger partial charge in [0.25, 0.3) is 5.91 Å². The molecule has 20 heavy (non-hydrogen) atoms. The maximum atomic E-state index is 13.5. The van der Waals surface area contributed by atoms with Crippen molar-refractivity contribution in [3.8, 4) is 0 Å². The van der Waals surface area contributed by atoms with E-state index in [0.717, 1.165) is 25.8 Å². The Bertz CT molecular complexity index is 485. The molecule has 0 saturated carbocycles. The quantitative estimate of drug-likeness (QED) is 0.828. The number of hydrogen-bond donors (Lipinski definition) is 0. The van der Waals surface area contributed by atoms with E-state index in [1.165, 1.54) is 12.3 Å². The molecule has 0 radical (unpaired) electrons. The number of carbonyl (C=O) groups is 1. The molecule has 2 fully saturated rings. The summed E-state index contributed by atoms with van der Waals surface area (Å²) in [5.41, 5.74) is 0.0719. The Morgan fingerprint density at radius 2 is 2.40 bits per heavy atom. The largest absolute Gasteiger partial charge is 0.381 e. The zero-order valence-electron chi connectivity index (χ0n) is 11.1. The zero-order chi connectivity index (χ0) is 13.9. The van der Waals surface area contributed by atoms with Crippen LogP contribution in [0.3, 0.4) is 0 Å². The third kappa shape index (κ3) is 2.81. The van der Waals surface area contributed by atoms with Gasteiger partial charge in [0.2, 0.25) is 0 Å². The fraction of sp³-hybridized carbons (Fsp3) is 0.571. The molecule has 1 unspecified atom stereocenters. The molecule has 3 heterocycles. The van der Waals surface area contributed by atoms with Gasteiger partial charge >= 0.3 is 0 Å². The second-order valence-corrected chi connectivity index (χ2v) is 5.25. The summed E-state index contributed by atoms with van der Waals surface area (Å²) in [5, 5.41) is 0. The predicted octanol–water partition coefficient (Wildman–Crippen LogP) is 1.10. The molecule has 108 valence electrons. The van der Waals surface area contributed by atoms with Crippen molar-refractivity contribution in [3.63, 3.8) is 0 Å². The van der Waals surface area contributed by atoms with Crippen LogP contribution < -0.4 is 0 Å². The van der Waals surface area contributed by atoms with E-state index in [2.05, 4.69) is 4.98 Å². The lowest BCUT2D eigenvalue weighted by atomic mass is 10.1. The van der Waals surface area contributed by atoms with E-state index >= 15 is 0 Å². The van der Waals surface area contributed by atoms with Crippen molar-refractivity contribution in [2.45, 2.75) is 12.5 Å². The van der Waals surface area contributed by atoms with Crippen LogP contribution in [0.1, 0.15) is 16.8 Å². The van der Waals surface area contributed by atoms with Crippen LogP contribution in [0.4, 0.5) is 4.39 Å². The molecule has 0 N–H and O–H groups in total. The second-order valence-electron chi connectivity index (χ2n) is 5.25. The topological polar surface area (TPSA) is 51.7 Å². The highest BCUT2D eigenvalue weighted by molar-refractivity contribution is 5.94. The van der Waals surface area contributed by atoms with Crippen LogP contribution >= 0.6 is 0 Å². The summed E-state index contributed by atoms with van der Waals surface area (Å²) < 4.78 is 24.5. The third-order valence-corrected chi connectivity index (χ3v) is 3.73. The van der Waals surface area contributed by atoms with E-state index in [4.69, 9.17) is 9.47 Å². The number of pyridine rings is 1. The first-order valence-electron chi connectivity index (χ1n) is 6.82. The highest BCUT2D eigenvalue weighted by Gasteiger charge is 2.33. The van der Waals surface area contributed by atoms with Gasteiger partial charge in [-0.2, -0.15) is 0 Å². The molecule has 1 aromatic rings. The molecule has 6 heteroatoms. The molecule has 1 atom stereocenters. The van der Waals surface area contributed by atoms with Crippen LogP contribution in [0.25, 0.3) is 0 Å². The molecule has 0 bridgehead atoms. The first-order valence-corrected chi connectivity index (χ1v) is 6.82. The van der Waals surface area contributed by atoms with Crippen LogP contribution in [0, 0.1) is 11.7 Å². The highest BCUT2D eigenvalue weighted by Crippen LogP contribution is 2.19. The van der Waals surface area contributed by atoms with Gasteiger partial charge in [0.15, 0.2) is 5.82 Å². The number of halogens is 1. The fourth-order valence-electron chi connectivity index (χ4n) is 2.42. The van der Waals surface area contributed by atoms with Gasteiger partial charge in [-0.05, 0) is 12.5 Å². The first kappa shape index (κ1) is 13.5. The molecule has 0 aliphatic carbocycles. The lowest BCUT2D eigenvalue weighted by molar-refractivity contribution is -0.0543.